The van der Waals surface area contributed by atoms with Gasteiger partial charge in [-0.25, -0.2) is 0 Å². The Morgan fingerprint density at radius 2 is 0.909 bits per heavy atom. The first kappa shape index (κ1) is 53.1. The van der Waals surface area contributed by atoms with E-state index in [9.17, 15) is 19.8 Å². The Morgan fingerprint density at radius 3 is 1.44 bits per heavy atom. The smallest absolute Gasteiger partial charge is 0.305 e. The molecule has 0 rings (SSSR count). The maximum atomic E-state index is 12.4. The normalized spacial score (nSPS) is 13.0. The number of aliphatic hydroxyl groups is 2. The fourth-order valence-corrected chi connectivity index (χ4v) is 6.96. The van der Waals surface area contributed by atoms with E-state index in [0.29, 0.717) is 25.9 Å². The van der Waals surface area contributed by atoms with Crippen LogP contribution in [-0.2, 0) is 14.3 Å². The molecule has 0 heterocycles. The molecule has 322 valence electrons. The highest BCUT2D eigenvalue weighted by Gasteiger charge is 2.20. The molecule has 0 spiro atoms. The van der Waals surface area contributed by atoms with Gasteiger partial charge in [0.1, 0.15) is 0 Å². The van der Waals surface area contributed by atoms with E-state index < -0.39 is 12.1 Å². The number of nitrogens with one attached hydrogen (secondary N) is 1. The Labute approximate surface area is 341 Å². The second-order valence-corrected chi connectivity index (χ2v) is 16.1. The van der Waals surface area contributed by atoms with Crippen LogP contribution in [0.1, 0.15) is 239 Å². The molecule has 0 saturated carbocycles. The van der Waals surface area contributed by atoms with Crippen LogP contribution < -0.4 is 5.32 Å². The summed E-state index contributed by atoms with van der Waals surface area (Å²) in [4.78, 5) is 24.4. The number of aliphatic hydroxyl groups excluding tert-OH is 2. The predicted molar refractivity (Wildman–Crippen MR) is 236 cm³/mol. The lowest BCUT2D eigenvalue weighted by molar-refractivity contribution is -0.143. The number of carbonyl (C=O) groups excluding carboxylic acids is 2. The van der Waals surface area contributed by atoms with Gasteiger partial charge in [0.05, 0.1) is 25.4 Å². The number of unbranched alkanes of at least 4 members (excludes halogenated alkanes) is 26. The third-order valence-electron chi connectivity index (χ3n) is 10.7. The number of hydrogen-bond acceptors (Lipinski definition) is 5. The van der Waals surface area contributed by atoms with Crippen LogP contribution in [-0.4, -0.2) is 47.4 Å². The summed E-state index contributed by atoms with van der Waals surface area (Å²) in [5.74, 6) is -0.117. The molecule has 0 aromatic rings. The van der Waals surface area contributed by atoms with Crippen LogP contribution in [0, 0.1) is 0 Å². The third kappa shape index (κ3) is 41.5. The minimum absolute atomic E-state index is 0.0415. The highest BCUT2D eigenvalue weighted by molar-refractivity contribution is 5.76. The second-order valence-electron chi connectivity index (χ2n) is 16.1. The SMILES string of the molecule is CCCCC/C=C\C/C=C\CCCCCCCCCCCC(=O)OCCCC/C=C\CCCCCCC(=O)NC(CO)C(O)CCCCCCCCCCC. The van der Waals surface area contributed by atoms with Crippen molar-refractivity contribution in [2.45, 2.75) is 251 Å². The maximum absolute atomic E-state index is 12.4. The number of ether oxygens (including phenoxy) is 1. The van der Waals surface area contributed by atoms with E-state index in [0.717, 1.165) is 83.5 Å². The summed E-state index contributed by atoms with van der Waals surface area (Å²) in [5.41, 5.74) is 0. The standard InChI is InChI=1S/C49H91NO5/c1-3-5-7-9-11-13-14-15-16-17-18-19-20-21-22-27-31-35-39-43-49(54)55-44-40-36-32-28-24-23-26-30-34-38-42-48(53)50-46(45-51)47(52)41-37-33-29-25-12-10-8-6-4-2/h11,13,15-16,24,28,46-47,51-52H,3-10,12,14,17-23,25-27,29-45H2,1-2H3,(H,50,53)/b13-11-,16-15-,28-24-. The molecule has 0 aromatic heterocycles. The molecular formula is C49H91NO5. The number of allylic oxidation sites excluding steroid dienone is 6. The van der Waals surface area contributed by atoms with E-state index in [1.54, 1.807) is 0 Å². The van der Waals surface area contributed by atoms with Crippen LogP contribution >= 0.6 is 0 Å². The molecule has 0 radical (unpaired) electrons. The minimum atomic E-state index is -0.684. The van der Waals surface area contributed by atoms with Gasteiger partial charge in [-0.15, -0.1) is 0 Å². The fourth-order valence-electron chi connectivity index (χ4n) is 6.96. The summed E-state index contributed by atoms with van der Waals surface area (Å²) in [7, 11) is 0. The lowest BCUT2D eigenvalue weighted by Gasteiger charge is -2.22. The van der Waals surface area contributed by atoms with Crippen molar-refractivity contribution in [1.82, 2.24) is 5.32 Å². The van der Waals surface area contributed by atoms with Gasteiger partial charge in [-0.1, -0.05) is 179 Å². The van der Waals surface area contributed by atoms with Crippen molar-refractivity contribution in [3.63, 3.8) is 0 Å². The number of esters is 1. The van der Waals surface area contributed by atoms with Gasteiger partial charge < -0.3 is 20.3 Å². The zero-order valence-corrected chi connectivity index (χ0v) is 36.4. The summed E-state index contributed by atoms with van der Waals surface area (Å²) < 4.78 is 5.43. The van der Waals surface area contributed by atoms with Crippen molar-refractivity contribution in [3.05, 3.63) is 36.5 Å². The first-order valence-electron chi connectivity index (χ1n) is 23.7. The minimum Gasteiger partial charge on any atom is -0.466 e. The van der Waals surface area contributed by atoms with Gasteiger partial charge >= 0.3 is 5.97 Å². The molecule has 6 heteroatoms. The molecular weight excluding hydrogens is 683 g/mol. The van der Waals surface area contributed by atoms with E-state index in [-0.39, 0.29) is 18.5 Å². The van der Waals surface area contributed by atoms with Crippen molar-refractivity contribution >= 4 is 11.9 Å². The van der Waals surface area contributed by atoms with Gasteiger partial charge in [-0.05, 0) is 83.5 Å². The molecule has 0 aliphatic heterocycles. The van der Waals surface area contributed by atoms with Gasteiger partial charge in [0.15, 0.2) is 0 Å². The number of carbonyl (C=O) groups is 2. The first-order chi connectivity index (χ1) is 27.0. The third-order valence-corrected chi connectivity index (χ3v) is 10.7. The van der Waals surface area contributed by atoms with Crippen LogP contribution in [0.15, 0.2) is 36.5 Å². The molecule has 0 fully saturated rings. The van der Waals surface area contributed by atoms with Gasteiger partial charge in [0.25, 0.3) is 0 Å². The average Bonchev–Trinajstić information content (AvgIpc) is 3.18. The average molecular weight is 774 g/mol. The summed E-state index contributed by atoms with van der Waals surface area (Å²) in [6.07, 6.45) is 52.6. The van der Waals surface area contributed by atoms with E-state index >= 15 is 0 Å². The summed E-state index contributed by atoms with van der Waals surface area (Å²) in [6, 6.07) is -0.565. The zero-order valence-electron chi connectivity index (χ0n) is 36.4. The molecule has 55 heavy (non-hydrogen) atoms. The highest BCUT2D eigenvalue weighted by Crippen LogP contribution is 2.15. The number of rotatable bonds is 43. The molecule has 0 bridgehead atoms. The molecule has 3 N–H and O–H groups in total. The molecule has 2 atom stereocenters. The van der Waals surface area contributed by atoms with Crippen molar-refractivity contribution in [1.29, 1.82) is 0 Å². The van der Waals surface area contributed by atoms with Crippen molar-refractivity contribution in [2.75, 3.05) is 13.2 Å². The van der Waals surface area contributed by atoms with Gasteiger partial charge in [-0.3, -0.25) is 9.59 Å². The van der Waals surface area contributed by atoms with Gasteiger partial charge in [0, 0.05) is 12.8 Å². The summed E-state index contributed by atoms with van der Waals surface area (Å²) >= 11 is 0. The predicted octanol–water partition coefficient (Wildman–Crippen LogP) is 13.7. The van der Waals surface area contributed by atoms with Gasteiger partial charge in [0.2, 0.25) is 5.91 Å². The Bertz CT molecular complexity index is 900. The number of hydrogen-bond donors (Lipinski definition) is 3. The second kappa shape index (κ2) is 44.8. The molecule has 6 nitrogen and oxygen atoms in total. The van der Waals surface area contributed by atoms with E-state index in [1.807, 2.05) is 0 Å². The highest BCUT2D eigenvalue weighted by atomic mass is 16.5. The molecule has 0 aliphatic carbocycles. The lowest BCUT2D eigenvalue weighted by Crippen LogP contribution is -2.45. The Balaban J connectivity index is 3.50. The van der Waals surface area contributed by atoms with Crippen LogP contribution in [0.4, 0.5) is 0 Å². The van der Waals surface area contributed by atoms with Gasteiger partial charge in [-0.2, -0.15) is 0 Å². The van der Waals surface area contributed by atoms with Crippen LogP contribution in [0.2, 0.25) is 0 Å². The molecule has 0 aliphatic rings. The molecule has 0 saturated heterocycles. The van der Waals surface area contributed by atoms with Crippen molar-refractivity contribution in [3.8, 4) is 0 Å². The first-order valence-corrected chi connectivity index (χ1v) is 23.7. The Morgan fingerprint density at radius 1 is 0.509 bits per heavy atom. The maximum Gasteiger partial charge on any atom is 0.305 e. The summed E-state index contributed by atoms with van der Waals surface area (Å²) in [5, 5.41) is 23.0. The number of amides is 1. The van der Waals surface area contributed by atoms with Crippen LogP contribution in [0.3, 0.4) is 0 Å². The van der Waals surface area contributed by atoms with Crippen LogP contribution in [0.25, 0.3) is 0 Å². The molecule has 0 aromatic carbocycles. The van der Waals surface area contributed by atoms with Crippen molar-refractivity contribution in [2.24, 2.45) is 0 Å². The topological polar surface area (TPSA) is 95.9 Å². The molecule has 1 amide bonds. The Hall–Kier alpha value is -1.92. The fraction of sp³-hybridized carbons (Fsp3) is 0.837. The van der Waals surface area contributed by atoms with Crippen molar-refractivity contribution < 1.29 is 24.5 Å². The zero-order chi connectivity index (χ0) is 40.1. The largest absolute Gasteiger partial charge is 0.466 e. The monoisotopic (exact) mass is 774 g/mol. The molecule has 2 unspecified atom stereocenters. The Kier molecular flexibility index (Phi) is 43.2. The summed E-state index contributed by atoms with van der Waals surface area (Å²) in [6.45, 7) is 4.80. The van der Waals surface area contributed by atoms with E-state index in [4.69, 9.17) is 4.74 Å². The quantitative estimate of drug-likeness (QED) is 0.0326. The lowest BCUT2D eigenvalue weighted by atomic mass is 10.0. The van der Waals surface area contributed by atoms with Crippen LogP contribution in [0.5, 0.6) is 0 Å². The van der Waals surface area contributed by atoms with E-state index in [1.165, 1.54) is 122 Å². The van der Waals surface area contributed by atoms with E-state index in [2.05, 4.69) is 55.6 Å².